The number of halogens is 1. The van der Waals surface area contributed by atoms with E-state index in [1.807, 2.05) is 30.5 Å². The first kappa shape index (κ1) is 18.0. The molecule has 0 N–H and O–H groups in total. The molecule has 1 aromatic carbocycles. The van der Waals surface area contributed by atoms with Crippen molar-refractivity contribution < 1.29 is 9.53 Å². The number of carbonyl (C=O) groups excluding carboxylic acids is 1. The highest BCUT2D eigenvalue weighted by molar-refractivity contribution is 6.30. The van der Waals surface area contributed by atoms with E-state index in [4.69, 9.17) is 16.3 Å². The molecule has 0 fully saturated rings. The fourth-order valence-electron chi connectivity index (χ4n) is 2.96. The van der Waals surface area contributed by atoms with E-state index in [2.05, 4.69) is 22.7 Å². The van der Waals surface area contributed by atoms with Gasteiger partial charge in [-0.3, -0.25) is 4.98 Å². The molecule has 132 valence electrons. The van der Waals surface area contributed by atoms with Crippen molar-refractivity contribution in [3.05, 3.63) is 83.8 Å². The molecule has 0 aliphatic heterocycles. The molecule has 4 nitrogen and oxygen atoms in total. The van der Waals surface area contributed by atoms with Crippen LogP contribution in [0, 0.1) is 6.92 Å². The third kappa shape index (κ3) is 3.41. The fourth-order valence-corrected chi connectivity index (χ4v) is 3.10. The normalized spacial score (nSPS) is 10.7. The van der Waals surface area contributed by atoms with Gasteiger partial charge in [-0.25, -0.2) is 4.79 Å². The highest BCUT2D eigenvalue weighted by Crippen LogP contribution is 2.28. The number of aryl methyl sites for hydroxylation is 1. The van der Waals surface area contributed by atoms with Gasteiger partial charge in [-0.05, 0) is 31.0 Å². The Morgan fingerprint density at radius 3 is 2.88 bits per heavy atom. The molecule has 0 aliphatic rings. The number of rotatable bonds is 6. The second-order valence-corrected chi connectivity index (χ2v) is 6.35. The lowest BCUT2D eigenvalue weighted by Crippen LogP contribution is -2.10. The van der Waals surface area contributed by atoms with E-state index in [0.717, 1.165) is 16.5 Å². The van der Waals surface area contributed by atoms with Gasteiger partial charge in [0.05, 0.1) is 16.3 Å². The summed E-state index contributed by atoms with van der Waals surface area (Å²) in [7, 11) is 0. The lowest BCUT2D eigenvalue weighted by atomic mass is 10.0. The Hall–Kier alpha value is -2.85. The molecule has 5 heteroatoms. The number of carbonyl (C=O) groups is 1. The quantitative estimate of drug-likeness (QED) is 0.448. The average molecular weight is 367 g/mol. The topological polar surface area (TPSA) is 44.1 Å². The summed E-state index contributed by atoms with van der Waals surface area (Å²) in [5.41, 5.74) is 3.08. The number of benzene rings is 1. The standard InChI is InChI=1S/C21H19ClN2O2/c1-4-7-15-13-24(10-5-2)18-9-6-8-17(20(15)18)21(25)26-19-11-16(22)12-23-14(19)3/h4-6,8-9,11-13H,1-2,7,10H2,3H3. The summed E-state index contributed by atoms with van der Waals surface area (Å²) >= 11 is 5.97. The Morgan fingerprint density at radius 1 is 1.35 bits per heavy atom. The van der Waals surface area contributed by atoms with Crippen LogP contribution in [0.25, 0.3) is 10.9 Å². The summed E-state index contributed by atoms with van der Waals surface area (Å²) in [5.74, 6) is -0.0836. The molecule has 0 saturated carbocycles. The number of hydrogen-bond donors (Lipinski definition) is 0. The number of allylic oxidation sites excluding steroid dienone is 2. The molecule has 3 aromatic rings. The summed E-state index contributed by atoms with van der Waals surface area (Å²) in [5, 5.41) is 1.29. The first-order chi connectivity index (χ1) is 12.5. The number of ether oxygens (including phenoxy) is 1. The molecule has 0 atom stereocenters. The second kappa shape index (κ2) is 7.58. The van der Waals surface area contributed by atoms with Gasteiger partial charge in [-0.15, -0.1) is 13.2 Å². The summed E-state index contributed by atoms with van der Waals surface area (Å²) in [6, 6.07) is 7.19. The lowest BCUT2D eigenvalue weighted by molar-refractivity contribution is 0.0735. The Balaban J connectivity index is 2.08. The van der Waals surface area contributed by atoms with Crippen LogP contribution in [-0.4, -0.2) is 15.5 Å². The van der Waals surface area contributed by atoms with Gasteiger partial charge in [0.15, 0.2) is 5.75 Å². The van der Waals surface area contributed by atoms with Crippen molar-refractivity contribution in [1.29, 1.82) is 0 Å². The minimum atomic E-state index is -0.440. The molecular weight excluding hydrogens is 348 g/mol. The van der Waals surface area contributed by atoms with Crippen molar-refractivity contribution in [3.63, 3.8) is 0 Å². The fraction of sp³-hybridized carbons (Fsp3) is 0.143. The van der Waals surface area contributed by atoms with Gasteiger partial charge < -0.3 is 9.30 Å². The minimum Gasteiger partial charge on any atom is -0.421 e. The van der Waals surface area contributed by atoms with Crippen LogP contribution in [0.1, 0.15) is 21.6 Å². The van der Waals surface area contributed by atoms with Crippen LogP contribution < -0.4 is 4.74 Å². The summed E-state index contributed by atoms with van der Waals surface area (Å²) in [6.45, 7) is 10.0. The Labute approximate surface area is 157 Å². The third-order valence-electron chi connectivity index (χ3n) is 4.10. The number of pyridine rings is 1. The van der Waals surface area contributed by atoms with Gasteiger partial charge in [0.2, 0.25) is 0 Å². The van der Waals surface area contributed by atoms with E-state index in [0.29, 0.717) is 35.0 Å². The van der Waals surface area contributed by atoms with E-state index in [1.165, 1.54) is 6.20 Å². The van der Waals surface area contributed by atoms with E-state index < -0.39 is 5.97 Å². The average Bonchev–Trinajstić information content (AvgIpc) is 2.97. The molecule has 0 aliphatic carbocycles. The SMILES string of the molecule is C=CCc1cn(CC=C)c2cccc(C(=O)Oc3cc(Cl)cnc3C)c12. The van der Waals surface area contributed by atoms with Crippen molar-refractivity contribution in [2.75, 3.05) is 0 Å². The zero-order valence-corrected chi connectivity index (χ0v) is 15.3. The summed E-state index contributed by atoms with van der Waals surface area (Å²) in [4.78, 5) is 17.0. The number of nitrogens with zero attached hydrogens (tertiary/aromatic N) is 2. The van der Waals surface area contributed by atoms with Crippen LogP contribution in [0.15, 0.2) is 62.0 Å². The third-order valence-corrected chi connectivity index (χ3v) is 4.31. The highest BCUT2D eigenvalue weighted by atomic mass is 35.5. The van der Waals surface area contributed by atoms with Gasteiger partial charge in [0.1, 0.15) is 0 Å². The van der Waals surface area contributed by atoms with Crippen LogP contribution in [0.3, 0.4) is 0 Å². The maximum Gasteiger partial charge on any atom is 0.344 e. The zero-order chi connectivity index (χ0) is 18.7. The number of hydrogen-bond acceptors (Lipinski definition) is 3. The number of esters is 1. The lowest BCUT2D eigenvalue weighted by Gasteiger charge is -2.09. The van der Waals surface area contributed by atoms with E-state index in [1.54, 1.807) is 19.1 Å². The van der Waals surface area contributed by atoms with Crippen molar-refractivity contribution in [1.82, 2.24) is 9.55 Å². The van der Waals surface area contributed by atoms with Crippen LogP contribution in [-0.2, 0) is 13.0 Å². The van der Waals surface area contributed by atoms with Gasteiger partial charge in [0, 0.05) is 35.9 Å². The molecule has 2 aromatic heterocycles. The monoisotopic (exact) mass is 366 g/mol. The molecule has 0 radical (unpaired) electrons. The van der Waals surface area contributed by atoms with Crippen molar-refractivity contribution >= 4 is 28.5 Å². The van der Waals surface area contributed by atoms with Crippen LogP contribution in [0.4, 0.5) is 0 Å². The predicted molar refractivity (Wildman–Crippen MR) is 105 cm³/mol. The Kier molecular flexibility index (Phi) is 5.24. The molecule has 2 heterocycles. The Bertz CT molecular complexity index is 1000. The summed E-state index contributed by atoms with van der Waals surface area (Å²) < 4.78 is 7.64. The minimum absolute atomic E-state index is 0.357. The van der Waals surface area contributed by atoms with E-state index in [-0.39, 0.29) is 0 Å². The molecule has 0 bridgehead atoms. The largest absolute Gasteiger partial charge is 0.421 e. The molecule has 0 unspecified atom stereocenters. The summed E-state index contributed by atoms with van der Waals surface area (Å²) in [6.07, 6.45) is 7.84. The van der Waals surface area contributed by atoms with Crippen LogP contribution >= 0.6 is 11.6 Å². The van der Waals surface area contributed by atoms with Gasteiger partial charge >= 0.3 is 5.97 Å². The molecule has 0 amide bonds. The molecule has 0 spiro atoms. The Morgan fingerprint density at radius 2 is 2.15 bits per heavy atom. The smallest absolute Gasteiger partial charge is 0.344 e. The van der Waals surface area contributed by atoms with Crippen molar-refractivity contribution in [2.24, 2.45) is 0 Å². The molecule has 0 saturated heterocycles. The highest BCUT2D eigenvalue weighted by Gasteiger charge is 2.19. The van der Waals surface area contributed by atoms with Gasteiger partial charge in [0.25, 0.3) is 0 Å². The van der Waals surface area contributed by atoms with E-state index >= 15 is 0 Å². The van der Waals surface area contributed by atoms with Gasteiger partial charge in [-0.1, -0.05) is 29.8 Å². The van der Waals surface area contributed by atoms with Gasteiger partial charge in [-0.2, -0.15) is 0 Å². The second-order valence-electron chi connectivity index (χ2n) is 5.91. The van der Waals surface area contributed by atoms with Crippen LogP contribution in [0.2, 0.25) is 5.02 Å². The molecule has 26 heavy (non-hydrogen) atoms. The molecular formula is C21H19ClN2O2. The maximum absolute atomic E-state index is 12.9. The number of aromatic nitrogens is 2. The zero-order valence-electron chi connectivity index (χ0n) is 14.5. The van der Waals surface area contributed by atoms with Crippen LogP contribution in [0.5, 0.6) is 5.75 Å². The van der Waals surface area contributed by atoms with E-state index in [9.17, 15) is 4.79 Å². The molecule has 3 rings (SSSR count). The van der Waals surface area contributed by atoms with Crippen molar-refractivity contribution in [3.8, 4) is 5.75 Å². The first-order valence-electron chi connectivity index (χ1n) is 8.22. The van der Waals surface area contributed by atoms with Crippen molar-refractivity contribution in [2.45, 2.75) is 19.9 Å². The predicted octanol–water partition coefficient (Wildman–Crippen LogP) is 5.13. The maximum atomic E-state index is 12.9. The first-order valence-corrected chi connectivity index (χ1v) is 8.59. The number of fused-ring (bicyclic) bond motifs is 1.